The van der Waals surface area contributed by atoms with E-state index in [1.807, 2.05) is 43.1 Å². The summed E-state index contributed by atoms with van der Waals surface area (Å²) >= 11 is 0. The van der Waals surface area contributed by atoms with Crippen LogP contribution in [0.25, 0.3) is 10.8 Å². The van der Waals surface area contributed by atoms with Crippen molar-refractivity contribution in [2.45, 2.75) is 81.9 Å². The molecule has 1 aliphatic carbocycles. The van der Waals surface area contributed by atoms with Gasteiger partial charge in [0, 0.05) is 30.6 Å². The summed E-state index contributed by atoms with van der Waals surface area (Å²) in [7, 11) is 1.83. The Bertz CT molecular complexity index is 1010. The van der Waals surface area contributed by atoms with Gasteiger partial charge >= 0.3 is 0 Å². The maximum atomic E-state index is 14.1. The highest BCUT2D eigenvalue weighted by Crippen LogP contribution is 2.34. The number of nitrogens with zero attached hydrogens (tertiary/aromatic N) is 1. The van der Waals surface area contributed by atoms with Crippen LogP contribution in [0.1, 0.15) is 45.4 Å². The molecular weight excluding hydrogens is 440 g/mol. The average molecular weight is 481 g/mol. The number of likely N-dealkylation sites (N-methyl/N-ethyl adjacent to an activating group) is 1. The number of aliphatic hydroxyl groups is 1. The van der Waals surface area contributed by atoms with E-state index in [0.717, 1.165) is 61.7 Å². The molecule has 0 bridgehead atoms. The SMILES string of the molecule is CNC(C)C(O)NC(C(=O)N1CCC2NCC(Oc3cccc4ccccc34)C21)C1CCCCC1. The second-order valence-electron chi connectivity index (χ2n) is 10.5. The van der Waals surface area contributed by atoms with E-state index in [0.29, 0.717) is 0 Å². The minimum Gasteiger partial charge on any atom is -0.486 e. The molecule has 5 rings (SSSR count). The quantitative estimate of drug-likeness (QED) is 0.435. The molecule has 3 fully saturated rings. The van der Waals surface area contributed by atoms with Gasteiger partial charge in [-0.3, -0.25) is 10.1 Å². The Balaban J connectivity index is 1.36. The van der Waals surface area contributed by atoms with E-state index in [-0.39, 0.29) is 42.1 Å². The third kappa shape index (κ3) is 5.05. The van der Waals surface area contributed by atoms with Crippen LogP contribution in [0.15, 0.2) is 42.5 Å². The summed E-state index contributed by atoms with van der Waals surface area (Å²) in [6, 6.07) is 14.1. The highest BCUT2D eigenvalue weighted by atomic mass is 16.5. The zero-order valence-electron chi connectivity index (χ0n) is 21.0. The Morgan fingerprint density at radius 3 is 2.69 bits per heavy atom. The number of carbonyl (C=O) groups excluding carboxylic acids is 1. The van der Waals surface area contributed by atoms with Gasteiger partial charge in [0.2, 0.25) is 5.91 Å². The third-order valence-corrected chi connectivity index (χ3v) is 8.39. The van der Waals surface area contributed by atoms with Gasteiger partial charge in [-0.1, -0.05) is 55.7 Å². The summed E-state index contributed by atoms with van der Waals surface area (Å²) in [5, 5.41) is 23.0. The van der Waals surface area contributed by atoms with Crippen LogP contribution in [-0.2, 0) is 4.79 Å². The van der Waals surface area contributed by atoms with Crippen molar-refractivity contribution < 1.29 is 14.6 Å². The van der Waals surface area contributed by atoms with Gasteiger partial charge in [-0.15, -0.1) is 0 Å². The molecule has 2 aromatic rings. The fourth-order valence-electron chi connectivity index (χ4n) is 6.26. The Labute approximate surface area is 208 Å². The molecule has 2 saturated heterocycles. The first-order valence-electron chi connectivity index (χ1n) is 13.4. The monoisotopic (exact) mass is 480 g/mol. The summed E-state index contributed by atoms with van der Waals surface area (Å²) in [5.74, 6) is 1.23. The Kier molecular flexibility index (Phi) is 7.58. The van der Waals surface area contributed by atoms with Crippen LogP contribution in [-0.4, -0.2) is 72.6 Å². The van der Waals surface area contributed by atoms with Crippen LogP contribution in [0, 0.1) is 5.92 Å². The van der Waals surface area contributed by atoms with Crippen LogP contribution in [0.5, 0.6) is 5.75 Å². The number of rotatable bonds is 8. The van der Waals surface area contributed by atoms with Gasteiger partial charge in [-0.05, 0) is 50.6 Å². The number of ether oxygens (including phenoxy) is 1. The number of hydrogen-bond donors (Lipinski definition) is 4. The van der Waals surface area contributed by atoms with E-state index in [1.165, 1.54) is 6.42 Å². The second kappa shape index (κ2) is 10.8. The maximum absolute atomic E-state index is 14.1. The molecule has 4 N–H and O–H groups in total. The molecule has 2 aliphatic heterocycles. The summed E-state index contributed by atoms with van der Waals surface area (Å²) in [5.41, 5.74) is 0. The molecule has 3 aliphatic rings. The number of benzene rings is 2. The predicted molar refractivity (Wildman–Crippen MR) is 138 cm³/mol. The van der Waals surface area contributed by atoms with Gasteiger partial charge in [0.25, 0.3) is 0 Å². The molecule has 2 heterocycles. The number of carbonyl (C=O) groups is 1. The molecule has 7 heteroatoms. The Morgan fingerprint density at radius 2 is 1.89 bits per heavy atom. The lowest BCUT2D eigenvalue weighted by Crippen LogP contribution is -2.59. The smallest absolute Gasteiger partial charge is 0.240 e. The van der Waals surface area contributed by atoms with E-state index < -0.39 is 6.23 Å². The lowest BCUT2D eigenvalue weighted by atomic mass is 9.83. The molecule has 0 spiro atoms. The first kappa shape index (κ1) is 24.5. The summed E-state index contributed by atoms with van der Waals surface area (Å²) in [4.78, 5) is 16.1. The molecule has 35 heavy (non-hydrogen) atoms. The molecule has 6 unspecified atom stereocenters. The van der Waals surface area contributed by atoms with Crippen LogP contribution in [0.2, 0.25) is 0 Å². The third-order valence-electron chi connectivity index (χ3n) is 8.39. The van der Waals surface area contributed by atoms with Crippen LogP contribution in [0.4, 0.5) is 0 Å². The van der Waals surface area contributed by atoms with Crippen LogP contribution in [0.3, 0.4) is 0 Å². The molecule has 2 aromatic carbocycles. The zero-order chi connectivity index (χ0) is 24.4. The van der Waals surface area contributed by atoms with Gasteiger partial charge in [0.1, 0.15) is 18.1 Å². The van der Waals surface area contributed by atoms with Gasteiger partial charge in [0.05, 0.1) is 12.1 Å². The molecule has 190 valence electrons. The van der Waals surface area contributed by atoms with E-state index in [1.54, 1.807) is 0 Å². The largest absolute Gasteiger partial charge is 0.486 e. The number of amides is 1. The van der Waals surface area contributed by atoms with E-state index in [4.69, 9.17) is 4.74 Å². The van der Waals surface area contributed by atoms with Crippen LogP contribution >= 0.6 is 0 Å². The van der Waals surface area contributed by atoms with Crippen molar-refractivity contribution in [3.05, 3.63) is 42.5 Å². The molecule has 0 radical (unpaired) electrons. The molecular formula is C28H40N4O3. The van der Waals surface area contributed by atoms with Crippen molar-refractivity contribution >= 4 is 16.7 Å². The van der Waals surface area contributed by atoms with Crippen LogP contribution < -0.4 is 20.7 Å². The topological polar surface area (TPSA) is 85.9 Å². The van der Waals surface area contributed by atoms with Gasteiger partial charge < -0.3 is 25.4 Å². The van der Waals surface area contributed by atoms with Gasteiger partial charge in [-0.25, -0.2) is 0 Å². The summed E-state index contributed by atoms with van der Waals surface area (Å²) < 4.78 is 6.61. The van der Waals surface area contributed by atoms with Gasteiger partial charge in [-0.2, -0.15) is 0 Å². The normalized spacial score (nSPS) is 27.5. The number of likely N-dealkylation sites (tertiary alicyclic amines) is 1. The lowest BCUT2D eigenvalue weighted by Gasteiger charge is -2.38. The van der Waals surface area contributed by atoms with Crippen molar-refractivity contribution in [3.63, 3.8) is 0 Å². The fourth-order valence-corrected chi connectivity index (χ4v) is 6.26. The first-order valence-corrected chi connectivity index (χ1v) is 13.4. The molecule has 0 aromatic heterocycles. The minimum atomic E-state index is -0.779. The van der Waals surface area contributed by atoms with E-state index in [2.05, 4.69) is 34.1 Å². The average Bonchev–Trinajstić information content (AvgIpc) is 3.50. The minimum absolute atomic E-state index is 0.00627. The predicted octanol–water partition coefficient (Wildman–Crippen LogP) is 2.62. The van der Waals surface area contributed by atoms with Crippen molar-refractivity contribution in [2.75, 3.05) is 20.1 Å². The van der Waals surface area contributed by atoms with Crippen molar-refractivity contribution in [1.82, 2.24) is 20.9 Å². The summed E-state index contributed by atoms with van der Waals surface area (Å²) in [6.45, 7) is 3.38. The number of hydrogen-bond acceptors (Lipinski definition) is 6. The molecule has 7 nitrogen and oxygen atoms in total. The van der Waals surface area contributed by atoms with Crippen molar-refractivity contribution in [2.24, 2.45) is 5.92 Å². The fraction of sp³-hybridized carbons (Fsp3) is 0.607. The molecule has 1 amide bonds. The van der Waals surface area contributed by atoms with E-state index in [9.17, 15) is 9.90 Å². The Hall–Kier alpha value is -2.19. The highest BCUT2D eigenvalue weighted by Gasteiger charge is 2.49. The number of aliphatic hydroxyl groups excluding tert-OH is 1. The first-order chi connectivity index (χ1) is 17.1. The zero-order valence-corrected chi connectivity index (χ0v) is 21.0. The lowest BCUT2D eigenvalue weighted by molar-refractivity contribution is -0.138. The second-order valence-corrected chi connectivity index (χ2v) is 10.5. The summed E-state index contributed by atoms with van der Waals surface area (Å²) in [6.07, 6.45) is 5.62. The van der Waals surface area contributed by atoms with E-state index >= 15 is 0 Å². The molecule has 1 saturated carbocycles. The number of nitrogens with one attached hydrogen (secondary N) is 3. The number of fused-ring (bicyclic) bond motifs is 2. The van der Waals surface area contributed by atoms with Crippen molar-refractivity contribution in [1.29, 1.82) is 0 Å². The maximum Gasteiger partial charge on any atom is 0.240 e. The van der Waals surface area contributed by atoms with Crippen molar-refractivity contribution in [3.8, 4) is 5.75 Å². The van der Waals surface area contributed by atoms with Gasteiger partial charge in [0.15, 0.2) is 0 Å². The molecule has 6 atom stereocenters. The Morgan fingerprint density at radius 1 is 1.11 bits per heavy atom. The standard InChI is InChI=1S/C28H40N4O3/c1-18(29-2)27(33)31-25(20-10-4-3-5-11-20)28(34)32-16-15-22-26(32)24(17-30-22)35-23-14-8-12-19-9-6-7-13-21(19)23/h6-9,12-14,18,20,22,24-27,29-31,33H,3-5,10-11,15-17H2,1-2H3. The highest BCUT2D eigenvalue weighted by molar-refractivity contribution is 5.88.